The Labute approximate surface area is 127 Å². The number of halogens is 1. The molecule has 1 aromatic heterocycles. The molecule has 0 aliphatic heterocycles. The normalized spacial score (nSPS) is 11.2. The summed E-state index contributed by atoms with van der Waals surface area (Å²) in [6.07, 6.45) is 0.00467. The van der Waals surface area contributed by atoms with Crippen LogP contribution in [0.3, 0.4) is 0 Å². The average Bonchev–Trinajstić information content (AvgIpc) is 2.39. The van der Waals surface area contributed by atoms with E-state index in [9.17, 15) is 9.59 Å². The lowest BCUT2D eigenvalue weighted by molar-refractivity contribution is -0.136. The first kappa shape index (κ1) is 15.5. The minimum absolute atomic E-state index is 0.115. The van der Waals surface area contributed by atoms with Gasteiger partial charge in [-0.1, -0.05) is 25.4 Å². The molecular formula is C15H17ClN2O3. The molecule has 0 amide bonds. The summed E-state index contributed by atoms with van der Waals surface area (Å²) in [7, 11) is 0. The summed E-state index contributed by atoms with van der Waals surface area (Å²) in [4.78, 5) is 27.5. The fourth-order valence-corrected chi connectivity index (χ4v) is 2.37. The van der Waals surface area contributed by atoms with Crippen LogP contribution in [0.15, 0.2) is 23.0 Å². The lowest BCUT2D eigenvalue weighted by Crippen LogP contribution is -2.28. The van der Waals surface area contributed by atoms with Crippen LogP contribution in [0, 0.1) is 5.92 Å². The van der Waals surface area contributed by atoms with Crippen LogP contribution in [0.2, 0.25) is 5.02 Å². The van der Waals surface area contributed by atoms with Crippen LogP contribution in [0.5, 0.6) is 0 Å². The highest BCUT2D eigenvalue weighted by Crippen LogP contribution is 2.18. The monoisotopic (exact) mass is 308 g/mol. The number of carboxylic acid groups (broad SMARTS) is 1. The highest BCUT2D eigenvalue weighted by atomic mass is 35.5. The van der Waals surface area contributed by atoms with Gasteiger partial charge in [-0.15, -0.1) is 0 Å². The van der Waals surface area contributed by atoms with Gasteiger partial charge in [0.25, 0.3) is 5.56 Å². The molecule has 6 heteroatoms. The van der Waals surface area contributed by atoms with Gasteiger partial charge in [0.05, 0.1) is 17.5 Å². The van der Waals surface area contributed by atoms with Crippen molar-refractivity contribution in [2.45, 2.75) is 33.2 Å². The minimum atomic E-state index is -0.946. The van der Waals surface area contributed by atoms with Crippen molar-refractivity contribution in [1.82, 2.24) is 9.55 Å². The molecule has 0 saturated heterocycles. The summed E-state index contributed by atoms with van der Waals surface area (Å²) in [5.41, 5.74) is 1.38. The van der Waals surface area contributed by atoms with Crippen molar-refractivity contribution in [2.24, 2.45) is 5.92 Å². The molecular weight excluding hydrogens is 292 g/mol. The molecule has 2 rings (SSSR count). The van der Waals surface area contributed by atoms with Crippen molar-refractivity contribution >= 4 is 28.6 Å². The standard InChI is InChI=1S/C15H17ClN2O3/c1-9(2)8-18-13-5-3-10(16)7-12(13)17-11(15(18)21)4-6-14(19)20/h3,5,7,9H,4,6,8H2,1-2H3,(H,19,20). The van der Waals surface area contributed by atoms with Gasteiger partial charge in [-0.25, -0.2) is 4.98 Å². The number of aliphatic carboxylic acids is 1. The zero-order valence-electron chi connectivity index (χ0n) is 12.0. The third-order valence-corrected chi connectivity index (χ3v) is 3.33. The predicted molar refractivity (Wildman–Crippen MR) is 81.8 cm³/mol. The number of hydrogen-bond donors (Lipinski definition) is 1. The quantitative estimate of drug-likeness (QED) is 0.922. The number of aryl methyl sites for hydroxylation is 1. The van der Waals surface area contributed by atoms with Crippen LogP contribution >= 0.6 is 11.6 Å². The summed E-state index contributed by atoms with van der Waals surface area (Å²) >= 11 is 5.97. The predicted octanol–water partition coefficient (Wildman–Crippen LogP) is 2.72. The van der Waals surface area contributed by atoms with E-state index in [1.54, 1.807) is 22.8 Å². The molecule has 0 unspecified atom stereocenters. The van der Waals surface area contributed by atoms with E-state index in [4.69, 9.17) is 16.7 Å². The van der Waals surface area contributed by atoms with Crippen LogP contribution < -0.4 is 5.56 Å². The topological polar surface area (TPSA) is 72.2 Å². The van der Waals surface area contributed by atoms with Gasteiger partial charge < -0.3 is 9.67 Å². The van der Waals surface area contributed by atoms with Crippen LogP contribution in [0.1, 0.15) is 26.0 Å². The molecule has 0 fully saturated rings. The lowest BCUT2D eigenvalue weighted by Gasteiger charge is -2.14. The van der Waals surface area contributed by atoms with E-state index >= 15 is 0 Å². The maximum atomic E-state index is 12.5. The number of hydrogen-bond acceptors (Lipinski definition) is 3. The Morgan fingerprint density at radius 1 is 1.43 bits per heavy atom. The Kier molecular flexibility index (Phi) is 4.63. The van der Waals surface area contributed by atoms with E-state index in [0.29, 0.717) is 17.1 Å². The maximum Gasteiger partial charge on any atom is 0.303 e. The summed E-state index contributed by atoms with van der Waals surface area (Å²) < 4.78 is 1.65. The first-order chi connectivity index (χ1) is 9.88. The first-order valence-corrected chi connectivity index (χ1v) is 7.17. The second-order valence-corrected chi connectivity index (χ2v) is 5.83. The Bertz CT molecular complexity index is 738. The molecule has 0 radical (unpaired) electrons. The fourth-order valence-electron chi connectivity index (χ4n) is 2.21. The number of carboxylic acids is 1. The summed E-state index contributed by atoms with van der Waals surface area (Å²) in [5.74, 6) is -0.658. The molecule has 1 aromatic carbocycles. The number of nitrogens with zero attached hydrogens (tertiary/aromatic N) is 2. The Morgan fingerprint density at radius 2 is 2.14 bits per heavy atom. The SMILES string of the molecule is CC(C)Cn1c(=O)c(CCC(=O)O)nc2cc(Cl)ccc21. The molecule has 0 saturated carbocycles. The Morgan fingerprint density at radius 3 is 2.76 bits per heavy atom. The van der Waals surface area contributed by atoms with Crippen LogP contribution in [0.4, 0.5) is 0 Å². The molecule has 0 atom stereocenters. The summed E-state index contributed by atoms with van der Waals surface area (Å²) in [5, 5.41) is 9.32. The number of aromatic nitrogens is 2. The maximum absolute atomic E-state index is 12.5. The van der Waals surface area contributed by atoms with Crippen LogP contribution in [-0.2, 0) is 17.8 Å². The number of benzene rings is 1. The highest BCUT2D eigenvalue weighted by molar-refractivity contribution is 6.31. The largest absolute Gasteiger partial charge is 0.481 e. The van der Waals surface area contributed by atoms with Gasteiger partial charge in [0, 0.05) is 18.0 Å². The molecule has 21 heavy (non-hydrogen) atoms. The molecule has 0 aliphatic carbocycles. The van der Waals surface area contributed by atoms with Gasteiger partial charge in [0.2, 0.25) is 0 Å². The summed E-state index contributed by atoms with van der Waals surface area (Å²) in [6.45, 7) is 4.59. The van der Waals surface area contributed by atoms with E-state index < -0.39 is 5.97 Å². The molecule has 0 spiro atoms. The van der Waals surface area contributed by atoms with E-state index in [2.05, 4.69) is 4.98 Å². The second kappa shape index (κ2) is 6.26. The van der Waals surface area contributed by atoms with Crippen LogP contribution in [0.25, 0.3) is 11.0 Å². The smallest absolute Gasteiger partial charge is 0.303 e. The van der Waals surface area contributed by atoms with Gasteiger partial charge in [0.15, 0.2) is 0 Å². The molecule has 112 valence electrons. The van der Waals surface area contributed by atoms with Gasteiger partial charge in [0.1, 0.15) is 5.69 Å². The molecule has 2 aromatic rings. The minimum Gasteiger partial charge on any atom is -0.481 e. The molecule has 0 aliphatic rings. The van der Waals surface area contributed by atoms with Crippen molar-refractivity contribution in [2.75, 3.05) is 0 Å². The van der Waals surface area contributed by atoms with E-state index in [-0.39, 0.29) is 30.0 Å². The highest BCUT2D eigenvalue weighted by Gasteiger charge is 2.13. The van der Waals surface area contributed by atoms with Crippen LogP contribution in [-0.4, -0.2) is 20.6 Å². The van der Waals surface area contributed by atoms with E-state index in [1.807, 2.05) is 13.8 Å². The van der Waals surface area contributed by atoms with Crippen molar-refractivity contribution in [3.05, 3.63) is 39.3 Å². The van der Waals surface area contributed by atoms with Crippen molar-refractivity contribution in [3.8, 4) is 0 Å². The molecule has 1 N–H and O–H groups in total. The van der Waals surface area contributed by atoms with Crippen molar-refractivity contribution < 1.29 is 9.90 Å². The van der Waals surface area contributed by atoms with Gasteiger partial charge in [-0.2, -0.15) is 0 Å². The first-order valence-electron chi connectivity index (χ1n) is 6.79. The Hall–Kier alpha value is -1.88. The van der Waals surface area contributed by atoms with Crippen molar-refractivity contribution in [1.29, 1.82) is 0 Å². The zero-order valence-corrected chi connectivity index (χ0v) is 12.7. The third-order valence-electron chi connectivity index (χ3n) is 3.10. The Balaban J connectivity index is 2.61. The molecule has 5 nitrogen and oxygen atoms in total. The lowest BCUT2D eigenvalue weighted by atomic mass is 10.2. The summed E-state index contributed by atoms with van der Waals surface area (Å²) in [6, 6.07) is 5.19. The second-order valence-electron chi connectivity index (χ2n) is 5.39. The fraction of sp³-hybridized carbons (Fsp3) is 0.400. The number of fused-ring (bicyclic) bond motifs is 1. The van der Waals surface area contributed by atoms with Gasteiger partial charge in [-0.3, -0.25) is 9.59 Å². The van der Waals surface area contributed by atoms with E-state index in [1.165, 1.54) is 0 Å². The third kappa shape index (κ3) is 3.61. The van der Waals surface area contributed by atoms with E-state index in [0.717, 1.165) is 5.52 Å². The molecule has 1 heterocycles. The zero-order chi connectivity index (χ0) is 15.6. The number of carbonyl (C=O) groups is 1. The van der Waals surface area contributed by atoms with Gasteiger partial charge >= 0.3 is 5.97 Å². The van der Waals surface area contributed by atoms with Crippen molar-refractivity contribution in [3.63, 3.8) is 0 Å². The average molecular weight is 309 g/mol. The molecule has 0 bridgehead atoms. The number of rotatable bonds is 5. The van der Waals surface area contributed by atoms with Gasteiger partial charge in [-0.05, 0) is 24.1 Å².